The van der Waals surface area contributed by atoms with Crippen molar-refractivity contribution in [3.63, 3.8) is 0 Å². The van der Waals surface area contributed by atoms with Crippen LogP contribution >= 0.6 is 0 Å². The normalized spacial score (nSPS) is 20.1. The highest BCUT2D eigenvalue weighted by Gasteiger charge is 2.62. The Morgan fingerprint density at radius 1 is 1.07 bits per heavy atom. The van der Waals surface area contributed by atoms with Crippen LogP contribution in [-0.4, -0.2) is 40.0 Å². The number of nitrogens with zero attached hydrogens (tertiary/aromatic N) is 2. The minimum atomic E-state index is -1.20. The van der Waals surface area contributed by atoms with Gasteiger partial charge in [-0.1, -0.05) is 68.8 Å². The average molecular weight is 409 g/mol. The zero-order valence-electron chi connectivity index (χ0n) is 18.8. The fourth-order valence-corrected chi connectivity index (χ4v) is 5.25. The molecule has 5 nitrogen and oxygen atoms in total. The summed E-state index contributed by atoms with van der Waals surface area (Å²) in [6.45, 7) is 12.8. The lowest BCUT2D eigenvalue weighted by Crippen LogP contribution is -2.61. The first-order valence-electron chi connectivity index (χ1n) is 10.4. The predicted molar refractivity (Wildman–Crippen MR) is 118 cm³/mol. The Morgan fingerprint density at radius 3 is 2.13 bits per heavy atom. The van der Waals surface area contributed by atoms with Crippen LogP contribution in [0, 0.1) is 26.2 Å². The maximum atomic E-state index is 13.1. The van der Waals surface area contributed by atoms with E-state index in [2.05, 4.69) is 29.2 Å². The van der Waals surface area contributed by atoms with Crippen LogP contribution in [0.3, 0.4) is 0 Å². The molecule has 160 valence electrons. The second-order valence-electron chi connectivity index (χ2n) is 9.36. The molecule has 5 heteroatoms. The van der Waals surface area contributed by atoms with E-state index < -0.39 is 17.2 Å². The highest BCUT2D eigenvalue weighted by Crippen LogP contribution is 2.52. The molecule has 0 aliphatic carbocycles. The van der Waals surface area contributed by atoms with Crippen LogP contribution in [-0.2, 0) is 16.9 Å². The number of hydrogen-bond acceptors (Lipinski definition) is 3. The molecule has 2 amide bonds. The van der Waals surface area contributed by atoms with Crippen molar-refractivity contribution in [2.75, 3.05) is 13.1 Å². The molecule has 0 saturated carbocycles. The monoisotopic (exact) mass is 408 g/mol. The Balaban J connectivity index is 2.23. The van der Waals surface area contributed by atoms with Gasteiger partial charge in [0.05, 0.1) is 6.54 Å². The van der Waals surface area contributed by atoms with Crippen molar-refractivity contribution in [1.82, 2.24) is 9.80 Å². The summed E-state index contributed by atoms with van der Waals surface area (Å²) >= 11 is 0. The molecule has 0 aromatic heterocycles. The van der Waals surface area contributed by atoms with Crippen molar-refractivity contribution in [1.29, 1.82) is 0 Å². The summed E-state index contributed by atoms with van der Waals surface area (Å²) in [6, 6.07) is 14.3. The number of aryl methyl sites for hydroxylation is 3. The molecule has 1 aliphatic heterocycles. The van der Waals surface area contributed by atoms with Gasteiger partial charge in [0.25, 0.3) is 0 Å². The van der Waals surface area contributed by atoms with Crippen LogP contribution in [0.1, 0.15) is 48.6 Å². The molecule has 1 atom stereocenters. The minimum Gasteiger partial charge on any atom is -0.465 e. The van der Waals surface area contributed by atoms with Crippen LogP contribution in [0.5, 0.6) is 0 Å². The topological polar surface area (TPSA) is 60.9 Å². The zero-order valence-corrected chi connectivity index (χ0v) is 18.8. The Kier molecular flexibility index (Phi) is 5.79. The molecule has 2 aromatic rings. The predicted octanol–water partition coefficient (Wildman–Crippen LogP) is 4.88. The van der Waals surface area contributed by atoms with Crippen molar-refractivity contribution in [3.05, 3.63) is 70.3 Å². The van der Waals surface area contributed by atoms with E-state index in [4.69, 9.17) is 0 Å². The van der Waals surface area contributed by atoms with E-state index >= 15 is 0 Å². The third-order valence-electron chi connectivity index (χ3n) is 6.13. The Labute approximate surface area is 179 Å². The van der Waals surface area contributed by atoms with Gasteiger partial charge in [0.1, 0.15) is 5.66 Å². The molecule has 1 N–H and O–H groups in total. The Hall–Kier alpha value is -2.66. The summed E-state index contributed by atoms with van der Waals surface area (Å²) in [7, 11) is 0. The van der Waals surface area contributed by atoms with Gasteiger partial charge in [0.2, 0.25) is 5.91 Å². The third kappa shape index (κ3) is 3.52. The van der Waals surface area contributed by atoms with Crippen molar-refractivity contribution in [2.24, 2.45) is 5.41 Å². The van der Waals surface area contributed by atoms with E-state index in [-0.39, 0.29) is 12.5 Å². The first-order chi connectivity index (χ1) is 14.0. The lowest BCUT2D eigenvalue weighted by atomic mass is 9.71. The van der Waals surface area contributed by atoms with Crippen LogP contribution in [0.2, 0.25) is 0 Å². The van der Waals surface area contributed by atoms with Crippen molar-refractivity contribution in [2.45, 2.75) is 53.6 Å². The standard InChI is InChI=1S/C25H32N2O3/c1-17-14-18(2)22(19(3)15-17)25(24(4,5)6)26(16-21(28)27(25)23(29)30)13-12-20-10-8-7-9-11-20/h7-11,14-15H,12-13,16H2,1-6H3,(H,29,30)/t25-/m1/s1. The molecule has 30 heavy (non-hydrogen) atoms. The van der Waals surface area contributed by atoms with Crippen molar-refractivity contribution in [3.8, 4) is 0 Å². The van der Waals surface area contributed by atoms with E-state index in [1.807, 2.05) is 59.7 Å². The molecular formula is C25H32N2O3. The van der Waals surface area contributed by atoms with Gasteiger partial charge in [0, 0.05) is 12.0 Å². The van der Waals surface area contributed by atoms with Gasteiger partial charge in [0.15, 0.2) is 0 Å². The summed E-state index contributed by atoms with van der Waals surface area (Å²) in [5, 5.41) is 10.2. The number of carboxylic acid groups (broad SMARTS) is 1. The number of carbonyl (C=O) groups excluding carboxylic acids is 1. The molecule has 0 spiro atoms. The molecule has 1 heterocycles. The molecule has 3 rings (SSSR count). The van der Waals surface area contributed by atoms with E-state index in [1.165, 1.54) is 5.56 Å². The second-order valence-corrected chi connectivity index (χ2v) is 9.36. The summed E-state index contributed by atoms with van der Waals surface area (Å²) in [4.78, 5) is 28.7. The van der Waals surface area contributed by atoms with E-state index in [1.54, 1.807) is 0 Å². The maximum absolute atomic E-state index is 13.1. The summed E-state index contributed by atoms with van der Waals surface area (Å²) in [5.41, 5.74) is 3.60. The highest BCUT2D eigenvalue weighted by molar-refractivity contribution is 5.96. The lowest BCUT2D eigenvalue weighted by Gasteiger charge is -2.52. The minimum absolute atomic E-state index is 0.0865. The molecule has 2 aromatic carbocycles. The van der Waals surface area contributed by atoms with Gasteiger partial charge in [-0.05, 0) is 49.4 Å². The largest absolute Gasteiger partial charge is 0.465 e. The summed E-state index contributed by atoms with van der Waals surface area (Å²) in [6.07, 6.45) is -0.458. The van der Waals surface area contributed by atoms with Crippen LogP contribution in [0.15, 0.2) is 42.5 Å². The second kappa shape index (κ2) is 7.88. The van der Waals surface area contributed by atoms with Gasteiger partial charge in [-0.2, -0.15) is 0 Å². The van der Waals surface area contributed by atoms with Gasteiger partial charge in [-0.15, -0.1) is 0 Å². The molecule has 0 radical (unpaired) electrons. The molecule has 1 saturated heterocycles. The fourth-order valence-electron chi connectivity index (χ4n) is 5.25. The molecule has 0 unspecified atom stereocenters. The smallest absolute Gasteiger partial charge is 0.415 e. The SMILES string of the molecule is Cc1cc(C)c([C@@]2(C(C)(C)C)N(CCc3ccccc3)CC(=O)N2C(=O)O)c(C)c1. The average Bonchev–Trinajstić information content (AvgIpc) is 2.93. The van der Waals surface area contributed by atoms with E-state index in [0.717, 1.165) is 33.6 Å². The first kappa shape index (κ1) is 22.0. The number of benzene rings is 2. The zero-order chi connectivity index (χ0) is 22.3. The van der Waals surface area contributed by atoms with Crippen LogP contribution in [0.25, 0.3) is 0 Å². The van der Waals surface area contributed by atoms with Crippen LogP contribution < -0.4 is 0 Å². The van der Waals surface area contributed by atoms with Crippen molar-refractivity contribution < 1.29 is 14.7 Å². The van der Waals surface area contributed by atoms with E-state index in [0.29, 0.717) is 6.54 Å². The lowest BCUT2D eigenvalue weighted by molar-refractivity contribution is -0.134. The third-order valence-corrected chi connectivity index (χ3v) is 6.13. The molecule has 0 bridgehead atoms. The van der Waals surface area contributed by atoms with E-state index in [9.17, 15) is 14.7 Å². The fraction of sp³-hybridized carbons (Fsp3) is 0.440. The van der Waals surface area contributed by atoms with Crippen LogP contribution in [0.4, 0.5) is 4.79 Å². The quantitative estimate of drug-likeness (QED) is 0.784. The number of carbonyl (C=O) groups is 2. The van der Waals surface area contributed by atoms with Crippen molar-refractivity contribution >= 4 is 12.0 Å². The molecular weight excluding hydrogens is 376 g/mol. The molecule has 1 fully saturated rings. The number of rotatable bonds is 4. The molecule has 1 aliphatic rings. The Bertz CT molecular complexity index is 939. The first-order valence-corrected chi connectivity index (χ1v) is 10.4. The summed E-state index contributed by atoms with van der Waals surface area (Å²) in [5.74, 6) is -0.370. The highest BCUT2D eigenvalue weighted by atomic mass is 16.4. The number of hydrogen-bond donors (Lipinski definition) is 1. The van der Waals surface area contributed by atoms with Gasteiger partial charge >= 0.3 is 6.09 Å². The van der Waals surface area contributed by atoms with Gasteiger partial charge in [-0.25, -0.2) is 9.69 Å². The number of imide groups is 1. The van der Waals surface area contributed by atoms with Gasteiger partial charge in [-0.3, -0.25) is 9.69 Å². The number of amides is 2. The maximum Gasteiger partial charge on any atom is 0.415 e. The Morgan fingerprint density at radius 2 is 1.63 bits per heavy atom. The van der Waals surface area contributed by atoms with Gasteiger partial charge < -0.3 is 5.11 Å². The summed E-state index contributed by atoms with van der Waals surface area (Å²) < 4.78 is 0.